The minimum absolute atomic E-state index is 0.207. The van der Waals surface area contributed by atoms with Crippen molar-refractivity contribution < 1.29 is 17.9 Å². The molecule has 2 N–H and O–H groups in total. The van der Waals surface area contributed by atoms with Gasteiger partial charge in [0, 0.05) is 23.6 Å². The van der Waals surface area contributed by atoms with Crippen molar-refractivity contribution in [1.29, 1.82) is 0 Å². The van der Waals surface area contributed by atoms with Gasteiger partial charge in [-0.05, 0) is 30.7 Å². The van der Waals surface area contributed by atoms with Gasteiger partial charge in [-0.1, -0.05) is 18.2 Å². The quantitative estimate of drug-likeness (QED) is 0.855. The Morgan fingerprint density at radius 2 is 1.82 bits per heavy atom. The number of hydrogen-bond acceptors (Lipinski definition) is 3. The Kier molecular flexibility index (Phi) is 5.12. The largest absolute Gasteiger partial charge is 0.326 e. The summed E-state index contributed by atoms with van der Waals surface area (Å²) in [5.41, 5.74) is 6.87. The van der Waals surface area contributed by atoms with Gasteiger partial charge in [0.25, 0.3) is 0 Å². The van der Waals surface area contributed by atoms with Gasteiger partial charge in [-0.25, -0.2) is 8.78 Å². The molecule has 2 rings (SSSR count). The second-order valence-electron chi connectivity index (χ2n) is 5.00. The van der Waals surface area contributed by atoms with E-state index in [0.717, 1.165) is 6.07 Å². The van der Waals surface area contributed by atoms with Gasteiger partial charge in [0.2, 0.25) is 7.37 Å². The molecule has 0 bridgehead atoms. The van der Waals surface area contributed by atoms with E-state index in [-0.39, 0.29) is 5.56 Å². The third kappa shape index (κ3) is 3.61. The predicted molar refractivity (Wildman–Crippen MR) is 83.6 cm³/mol. The maximum atomic E-state index is 13.8. The molecule has 6 heteroatoms. The monoisotopic (exact) mass is 325 g/mol. The molecule has 22 heavy (non-hydrogen) atoms. The van der Waals surface area contributed by atoms with Crippen LogP contribution in [0.4, 0.5) is 8.78 Å². The van der Waals surface area contributed by atoms with Crippen LogP contribution in [0.3, 0.4) is 0 Å². The fourth-order valence-corrected chi connectivity index (χ4v) is 3.54. The average Bonchev–Trinajstić information content (AvgIpc) is 2.47. The number of hydrogen-bond donors (Lipinski definition) is 1. The standard InChI is InChI=1S/C16H18F2NO2P/c1-3-21-22(2,20)13-7-4-11(5-8-13)16(19)14-9-6-12(17)10-15(14)18/h4-10,16H,3,19H2,1-2H3/t16-,22?/m0/s1. The summed E-state index contributed by atoms with van der Waals surface area (Å²) in [7, 11) is -2.85. The first-order chi connectivity index (χ1) is 10.3. The first-order valence-corrected chi connectivity index (χ1v) is 8.95. The van der Waals surface area contributed by atoms with Crippen LogP contribution in [0.25, 0.3) is 0 Å². The SMILES string of the molecule is CCOP(C)(=O)c1ccc([C@H](N)c2ccc(F)cc2F)cc1. The molecule has 1 unspecified atom stereocenters. The minimum atomic E-state index is -2.85. The van der Waals surface area contributed by atoms with Crippen molar-refractivity contribution in [3.05, 3.63) is 65.2 Å². The van der Waals surface area contributed by atoms with Crippen molar-refractivity contribution in [1.82, 2.24) is 0 Å². The van der Waals surface area contributed by atoms with Crippen LogP contribution in [-0.2, 0) is 9.09 Å². The summed E-state index contributed by atoms with van der Waals surface area (Å²) in [5, 5.41) is 0.574. The van der Waals surface area contributed by atoms with Gasteiger partial charge in [-0.15, -0.1) is 0 Å². The molecule has 2 aromatic rings. The maximum absolute atomic E-state index is 13.8. The molecule has 0 aliphatic rings. The lowest BCUT2D eigenvalue weighted by molar-refractivity contribution is 0.345. The molecule has 0 saturated carbocycles. The average molecular weight is 325 g/mol. The molecule has 0 saturated heterocycles. The van der Waals surface area contributed by atoms with Gasteiger partial charge in [0.1, 0.15) is 11.6 Å². The second-order valence-corrected chi connectivity index (χ2v) is 7.47. The summed E-state index contributed by atoms with van der Waals surface area (Å²) in [6.45, 7) is 3.68. The fourth-order valence-electron chi connectivity index (χ4n) is 2.21. The zero-order valence-electron chi connectivity index (χ0n) is 12.4. The third-order valence-electron chi connectivity index (χ3n) is 3.39. The molecule has 0 fully saturated rings. The highest BCUT2D eigenvalue weighted by Crippen LogP contribution is 2.41. The Balaban J connectivity index is 2.28. The summed E-state index contributed by atoms with van der Waals surface area (Å²) < 4.78 is 44.3. The van der Waals surface area contributed by atoms with E-state index in [9.17, 15) is 13.3 Å². The molecule has 0 radical (unpaired) electrons. The van der Waals surface area contributed by atoms with Crippen LogP contribution >= 0.6 is 7.37 Å². The van der Waals surface area contributed by atoms with E-state index in [0.29, 0.717) is 17.5 Å². The lowest BCUT2D eigenvalue weighted by atomic mass is 9.99. The first-order valence-electron chi connectivity index (χ1n) is 6.88. The minimum Gasteiger partial charge on any atom is -0.326 e. The van der Waals surface area contributed by atoms with Crippen LogP contribution < -0.4 is 11.0 Å². The third-order valence-corrected chi connectivity index (χ3v) is 5.38. The Morgan fingerprint density at radius 1 is 1.18 bits per heavy atom. The highest BCUT2D eigenvalue weighted by atomic mass is 31.2. The van der Waals surface area contributed by atoms with Crippen molar-refractivity contribution in [2.24, 2.45) is 5.73 Å². The predicted octanol–water partition coefficient (Wildman–Crippen LogP) is 3.58. The lowest BCUT2D eigenvalue weighted by Gasteiger charge is -2.16. The summed E-state index contributed by atoms with van der Waals surface area (Å²) in [6, 6.07) is 9.25. The van der Waals surface area contributed by atoms with E-state index < -0.39 is 25.0 Å². The lowest BCUT2D eigenvalue weighted by Crippen LogP contribution is -2.15. The highest BCUT2D eigenvalue weighted by molar-refractivity contribution is 7.66. The number of benzene rings is 2. The molecular formula is C16H18F2NO2P. The van der Waals surface area contributed by atoms with Gasteiger partial charge in [-0.3, -0.25) is 4.57 Å². The van der Waals surface area contributed by atoms with Gasteiger partial charge in [-0.2, -0.15) is 0 Å². The maximum Gasteiger partial charge on any atom is 0.229 e. The van der Waals surface area contributed by atoms with Gasteiger partial charge < -0.3 is 10.3 Å². The van der Waals surface area contributed by atoms with Crippen LogP contribution in [-0.4, -0.2) is 13.3 Å². The van der Waals surface area contributed by atoms with Crippen molar-refractivity contribution in [2.45, 2.75) is 13.0 Å². The molecule has 2 aromatic carbocycles. The second kappa shape index (κ2) is 6.69. The van der Waals surface area contributed by atoms with Crippen LogP contribution in [0, 0.1) is 11.6 Å². The van der Waals surface area contributed by atoms with Gasteiger partial charge in [0.15, 0.2) is 0 Å². The highest BCUT2D eigenvalue weighted by Gasteiger charge is 2.20. The Hall–Kier alpha value is -1.55. The van der Waals surface area contributed by atoms with E-state index in [1.807, 2.05) is 0 Å². The zero-order valence-corrected chi connectivity index (χ0v) is 13.3. The summed E-state index contributed by atoms with van der Waals surface area (Å²) in [6.07, 6.45) is 0. The number of rotatable bonds is 5. The van der Waals surface area contributed by atoms with Crippen LogP contribution in [0.15, 0.2) is 42.5 Å². The van der Waals surface area contributed by atoms with Gasteiger partial charge >= 0.3 is 0 Å². The molecule has 0 aliphatic heterocycles. The van der Waals surface area contributed by atoms with E-state index >= 15 is 0 Å². The van der Waals surface area contributed by atoms with E-state index in [1.54, 1.807) is 37.9 Å². The summed E-state index contributed by atoms with van der Waals surface area (Å²) in [4.78, 5) is 0. The molecule has 3 nitrogen and oxygen atoms in total. The van der Waals surface area contributed by atoms with Crippen LogP contribution in [0.2, 0.25) is 0 Å². The van der Waals surface area contributed by atoms with Crippen molar-refractivity contribution in [2.75, 3.05) is 13.3 Å². The molecule has 0 amide bonds. The van der Waals surface area contributed by atoms with Crippen molar-refractivity contribution in [3.8, 4) is 0 Å². The Labute approximate surface area is 128 Å². The first kappa shape index (κ1) is 16.8. The molecular weight excluding hydrogens is 307 g/mol. The van der Waals surface area contributed by atoms with Crippen LogP contribution in [0.5, 0.6) is 0 Å². The number of halogens is 2. The zero-order chi connectivity index (χ0) is 16.3. The van der Waals surface area contributed by atoms with E-state index in [2.05, 4.69) is 0 Å². The topological polar surface area (TPSA) is 52.3 Å². The van der Waals surface area contributed by atoms with Crippen LogP contribution in [0.1, 0.15) is 24.1 Å². The van der Waals surface area contributed by atoms with Crippen molar-refractivity contribution in [3.63, 3.8) is 0 Å². The summed E-state index contributed by atoms with van der Waals surface area (Å²) in [5.74, 6) is -1.33. The Bertz CT molecular complexity index is 704. The Morgan fingerprint density at radius 3 is 2.36 bits per heavy atom. The smallest absolute Gasteiger partial charge is 0.229 e. The molecule has 118 valence electrons. The molecule has 2 atom stereocenters. The molecule has 0 aliphatic carbocycles. The van der Waals surface area contributed by atoms with Gasteiger partial charge in [0.05, 0.1) is 12.6 Å². The van der Waals surface area contributed by atoms with Crippen molar-refractivity contribution >= 4 is 12.7 Å². The molecule has 0 heterocycles. The number of nitrogens with two attached hydrogens (primary N) is 1. The van der Waals surface area contributed by atoms with E-state index in [1.165, 1.54) is 12.1 Å². The summed E-state index contributed by atoms with van der Waals surface area (Å²) >= 11 is 0. The molecule has 0 aromatic heterocycles. The molecule has 0 spiro atoms. The fraction of sp³-hybridized carbons (Fsp3) is 0.250. The normalized spacial score (nSPS) is 15.3. The van der Waals surface area contributed by atoms with E-state index in [4.69, 9.17) is 10.3 Å².